The van der Waals surface area contributed by atoms with E-state index in [1.54, 1.807) is 10.6 Å². The maximum absolute atomic E-state index is 13.5. The van der Waals surface area contributed by atoms with Crippen LogP contribution in [-0.4, -0.2) is 35.2 Å². The molecule has 0 spiro atoms. The highest BCUT2D eigenvalue weighted by atomic mass is 32.1. The van der Waals surface area contributed by atoms with E-state index in [0.29, 0.717) is 34.8 Å². The Morgan fingerprint density at radius 2 is 2.24 bits per heavy atom. The van der Waals surface area contributed by atoms with Crippen molar-refractivity contribution in [1.82, 2.24) is 9.55 Å². The van der Waals surface area contributed by atoms with Crippen molar-refractivity contribution in [2.75, 3.05) is 29.9 Å². The minimum absolute atomic E-state index is 0.0619. The van der Waals surface area contributed by atoms with Gasteiger partial charge in [0.25, 0.3) is 5.56 Å². The van der Waals surface area contributed by atoms with Gasteiger partial charge in [-0.3, -0.25) is 9.36 Å². The molecule has 1 aliphatic rings. The second kappa shape index (κ2) is 8.23. The fraction of sp³-hybridized carbons (Fsp3) is 0.381. The fourth-order valence-corrected chi connectivity index (χ4v) is 4.73. The van der Waals surface area contributed by atoms with Gasteiger partial charge in [0.2, 0.25) is 5.95 Å². The Morgan fingerprint density at radius 1 is 1.41 bits per heavy atom. The lowest BCUT2D eigenvalue weighted by Gasteiger charge is -2.33. The van der Waals surface area contributed by atoms with Gasteiger partial charge in [0, 0.05) is 31.1 Å². The van der Waals surface area contributed by atoms with Crippen LogP contribution in [-0.2, 0) is 6.54 Å². The molecule has 3 heterocycles. The molecule has 2 aromatic heterocycles. The highest BCUT2D eigenvalue weighted by molar-refractivity contribution is 7.17. The normalized spacial score (nSPS) is 16.7. The molecule has 1 saturated heterocycles. The van der Waals surface area contributed by atoms with Gasteiger partial charge in [-0.1, -0.05) is 18.2 Å². The Labute approximate surface area is 173 Å². The van der Waals surface area contributed by atoms with E-state index in [0.717, 1.165) is 37.2 Å². The van der Waals surface area contributed by atoms with Crippen LogP contribution in [0.5, 0.6) is 0 Å². The lowest BCUT2D eigenvalue weighted by atomic mass is 10.1. The third-order valence-electron chi connectivity index (χ3n) is 5.23. The molecule has 1 atom stereocenters. The number of piperidine rings is 1. The van der Waals surface area contributed by atoms with Crippen molar-refractivity contribution in [3.05, 3.63) is 51.1 Å². The molecule has 0 aliphatic carbocycles. The fourth-order valence-electron chi connectivity index (χ4n) is 3.82. The maximum atomic E-state index is 13.5. The average molecular weight is 409 g/mol. The Balaban J connectivity index is 1.89. The van der Waals surface area contributed by atoms with Crippen LogP contribution in [0.3, 0.4) is 0 Å². The van der Waals surface area contributed by atoms with Gasteiger partial charge in [0.1, 0.15) is 10.2 Å². The number of hydrogen-bond acceptors (Lipinski definition) is 7. The van der Waals surface area contributed by atoms with Crippen molar-refractivity contribution in [3.8, 4) is 6.07 Å². The smallest absolute Gasteiger partial charge is 0.273 e. The highest BCUT2D eigenvalue weighted by Gasteiger charge is 2.24. The number of hydrogen-bond donors (Lipinski definition) is 2. The third kappa shape index (κ3) is 3.71. The van der Waals surface area contributed by atoms with E-state index in [2.05, 4.69) is 16.3 Å². The van der Waals surface area contributed by atoms with Crippen molar-refractivity contribution in [2.45, 2.75) is 32.4 Å². The summed E-state index contributed by atoms with van der Waals surface area (Å²) >= 11 is 1.40. The monoisotopic (exact) mass is 408 g/mol. The predicted octanol–water partition coefficient (Wildman–Crippen LogP) is 2.74. The number of nitriles is 1. The molecule has 1 aromatic carbocycles. The molecule has 29 heavy (non-hydrogen) atoms. The van der Waals surface area contributed by atoms with E-state index >= 15 is 0 Å². The van der Waals surface area contributed by atoms with Gasteiger partial charge in [0.15, 0.2) is 0 Å². The zero-order valence-electron chi connectivity index (χ0n) is 16.4. The zero-order valence-corrected chi connectivity index (χ0v) is 17.2. The number of nitrogens with two attached hydrogens (primary N) is 1. The van der Waals surface area contributed by atoms with Gasteiger partial charge < -0.3 is 16.0 Å². The molecule has 150 valence electrons. The Kier molecular flexibility index (Phi) is 5.51. The molecule has 7 nitrogen and oxygen atoms in total. The second-order valence-electron chi connectivity index (χ2n) is 7.28. The van der Waals surface area contributed by atoms with Gasteiger partial charge in [-0.15, -0.1) is 11.3 Å². The molecule has 0 bridgehead atoms. The van der Waals surface area contributed by atoms with Crippen LogP contribution in [0.2, 0.25) is 0 Å². The summed E-state index contributed by atoms with van der Waals surface area (Å²) in [5.41, 5.74) is 9.11. The molecule has 0 radical (unpaired) electrons. The molecule has 3 aromatic rings. The van der Waals surface area contributed by atoms with E-state index in [4.69, 9.17) is 10.7 Å². The summed E-state index contributed by atoms with van der Waals surface area (Å²) in [4.78, 5) is 20.5. The SMILES string of the molecule is CCNc1csc2c(=O)n(Cc3ccccc3C#N)c(N3CCC[C@@H](N)C3)nc12. The van der Waals surface area contributed by atoms with Crippen LogP contribution in [0, 0.1) is 11.3 Å². The van der Waals surface area contributed by atoms with Crippen molar-refractivity contribution in [1.29, 1.82) is 5.26 Å². The lowest BCUT2D eigenvalue weighted by Crippen LogP contribution is -2.45. The first-order valence-electron chi connectivity index (χ1n) is 9.86. The summed E-state index contributed by atoms with van der Waals surface area (Å²) < 4.78 is 2.32. The Hall–Kier alpha value is -2.89. The molecule has 0 unspecified atom stereocenters. The number of aromatic nitrogens is 2. The van der Waals surface area contributed by atoms with E-state index in [9.17, 15) is 10.1 Å². The quantitative estimate of drug-likeness (QED) is 0.673. The van der Waals surface area contributed by atoms with Crippen LogP contribution in [0.25, 0.3) is 10.2 Å². The second-order valence-corrected chi connectivity index (χ2v) is 8.16. The summed E-state index contributed by atoms with van der Waals surface area (Å²) in [6.07, 6.45) is 1.94. The number of rotatable bonds is 5. The van der Waals surface area contributed by atoms with Gasteiger partial charge in [-0.25, -0.2) is 4.98 Å². The first-order valence-corrected chi connectivity index (χ1v) is 10.7. The number of nitrogens with zero attached hydrogens (tertiary/aromatic N) is 4. The van der Waals surface area contributed by atoms with Crippen LogP contribution in [0.1, 0.15) is 30.9 Å². The molecule has 1 fully saturated rings. The van der Waals surface area contributed by atoms with Crippen molar-refractivity contribution >= 4 is 33.2 Å². The summed E-state index contributed by atoms with van der Waals surface area (Å²) in [5, 5.41) is 14.7. The Bertz CT molecular complexity index is 1130. The van der Waals surface area contributed by atoms with Gasteiger partial charge in [0.05, 0.1) is 23.9 Å². The van der Waals surface area contributed by atoms with E-state index in [1.807, 2.05) is 30.5 Å². The predicted molar refractivity (Wildman–Crippen MR) is 118 cm³/mol. The molecular formula is C21H24N6OS. The molecular weight excluding hydrogens is 384 g/mol. The molecule has 0 saturated carbocycles. The van der Waals surface area contributed by atoms with Crippen molar-refractivity contribution < 1.29 is 0 Å². The Morgan fingerprint density at radius 3 is 3.00 bits per heavy atom. The summed E-state index contributed by atoms with van der Waals surface area (Å²) in [6, 6.07) is 9.67. The lowest BCUT2D eigenvalue weighted by molar-refractivity contribution is 0.492. The highest BCUT2D eigenvalue weighted by Crippen LogP contribution is 2.29. The van der Waals surface area contributed by atoms with Crippen molar-refractivity contribution in [3.63, 3.8) is 0 Å². The molecule has 1 aliphatic heterocycles. The third-order valence-corrected chi connectivity index (χ3v) is 6.19. The van der Waals surface area contributed by atoms with Crippen LogP contribution < -0.4 is 21.5 Å². The summed E-state index contributed by atoms with van der Waals surface area (Å²) in [6.45, 7) is 4.57. The number of anilines is 2. The average Bonchev–Trinajstić information content (AvgIpc) is 3.13. The van der Waals surface area contributed by atoms with E-state index in [-0.39, 0.29) is 11.6 Å². The number of thiophene rings is 1. The first kappa shape index (κ1) is 19.4. The summed E-state index contributed by atoms with van der Waals surface area (Å²) in [5.74, 6) is 0.628. The van der Waals surface area contributed by atoms with Crippen LogP contribution in [0.15, 0.2) is 34.4 Å². The molecule has 8 heteroatoms. The zero-order chi connectivity index (χ0) is 20.4. The van der Waals surface area contributed by atoms with Gasteiger partial charge in [-0.05, 0) is 31.4 Å². The first-order chi connectivity index (χ1) is 14.1. The van der Waals surface area contributed by atoms with E-state index < -0.39 is 0 Å². The van der Waals surface area contributed by atoms with Gasteiger partial charge >= 0.3 is 0 Å². The van der Waals surface area contributed by atoms with Crippen molar-refractivity contribution in [2.24, 2.45) is 5.73 Å². The number of nitrogens with one attached hydrogen (secondary N) is 1. The minimum Gasteiger partial charge on any atom is -0.383 e. The number of benzene rings is 1. The summed E-state index contributed by atoms with van der Waals surface area (Å²) in [7, 11) is 0. The van der Waals surface area contributed by atoms with E-state index in [1.165, 1.54) is 11.3 Å². The topological polar surface area (TPSA) is 100.0 Å². The standard InChI is InChI=1S/C21H24N6OS/c1-2-24-17-13-29-19-18(17)25-21(26-9-5-8-16(23)12-26)27(20(19)28)11-15-7-4-3-6-14(15)10-22/h3-4,6-7,13,16,24H,2,5,8-9,11-12,23H2,1H3/t16-/m1/s1. The minimum atomic E-state index is -0.0777. The largest absolute Gasteiger partial charge is 0.383 e. The molecule has 3 N–H and O–H groups in total. The van der Waals surface area contributed by atoms with Crippen LogP contribution in [0.4, 0.5) is 11.6 Å². The molecule has 0 amide bonds. The van der Waals surface area contributed by atoms with Gasteiger partial charge in [-0.2, -0.15) is 5.26 Å². The number of fused-ring (bicyclic) bond motifs is 1. The van der Waals surface area contributed by atoms with Crippen LogP contribution >= 0.6 is 11.3 Å². The maximum Gasteiger partial charge on any atom is 0.273 e. The molecule has 4 rings (SSSR count).